The SMILES string of the molecule is Cl.N[C@H](CCF)c1c(Cl)cncc1Cl. The van der Waals surface area contributed by atoms with Crippen LogP contribution in [-0.2, 0) is 0 Å². The van der Waals surface area contributed by atoms with Crippen molar-refractivity contribution in [2.75, 3.05) is 6.67 Å². The van der Waals surface area contributed by atoms with E-state index in [-0.39, 0.29) is 18.8 Å². The van der Waals surface area contributed by atoms with Gasteiger partial charge in [0, 0.05) is 24.0 Å². The van der Waals surface area contributed by atoms with E-state index >= 15 is 0 Å². The molecule has 0 unspecified atom stereocenters. The molecule has 0 fully saturated rings. The standard InChI is InChI=1S/C8H9Cl2FN2.ClH/c9-5-3-13-4-6(10)8(5)7(12)1-2-11;/h3-4,7H,1-2,12H2;1H/t7-;/m1./s1. The second-order valence-corrected chi connectivity index (χ2v) is 3.42. The lowest BCUT2D eigenvalue weighted by atomic mass is 10.1. The molecule has 1 rings (SSSR count). The Balaban J connectivity index is 0.00000169. The van der Waals surface area contributed by atoms with E-state index in [1.165, 1.54) is 12.4 Å². The Kier molecular flexibility index (Phi) is 6.36. The number of halogens is 4. The van der Waals surface area contributed by atoms with Crippen LogP contribution in [0, 0.1) is 0 Å². The maximum absolute atomic E-state index is 12.0. The van der Waals surface area contributed by atoms with Gasteiger partial charge in [-0.05, 0) is 6.42 Å². The van der Waals surface area contributed by atoms with E-state index in [9.17, 15) is 4.39 Å². The molecule has 1 heterocycles. The van der Waals surface area contributed by atoms with Crippen molar-refractivity contribution < 1.29 is 4.39 Å². The molecule has 0 aromatic carbocycles. The number of nitrogens with two attached hydrogens (primary N) is 1. The zero-order valence-electron chi connectivity index (χ0n) is 7.21. The van der Waals surface area contributed by atoms with Crippen molar-refractivity contribution in [2.45, 2.75) is 12.5 Å². The minimum absolute atomic E-state index is 0. The smallest absolute Gasteiger partial charge is 0.0912 e. The number of nitrogens with zero attached hydrogens (tertiary/aromatic N) is 1. The van der Waals surface area contributed by atoms with E-state index < -0.39 is 12.7 Å². The van der Waals surface area contributed by atoms with Crippen LogP contribution in [0.1, 0.15) is 18.0 Å². The van der Waals surface area contributed by atoms with E-state index in [1.807, 2.05) is 0 Å². The average molecular weight is 260 g/mol. The molecule has 0 aliphatic rings. The summed E-state index contributed by atoms with van der Waals surface area (Å²) in [5.74, 6) is 0. The molecule has 1 aromatic rings. The normalized spacial score (nSPS) is 12.0. The van der Waals surface area contributed by atoms with Crippen molar-refractivity contribution in [3.8, 4) is 0 Å². The molecule has 0 saturated carbocycles. The lowest BCUT2D eigenvalue weighted by molar-refractivity contribution is 0.442. The largest absolute Gasteiger partial charge is 0.324 e. The molecule has 6 heteroatoms. The van der Waals surface area contributed by atoms with Crippen LogP contribution >= 0.6 is 35.6 Å². The van der Waals surface area contributed by atoms with Gasteiger partial charge in [-0.3, -0.25) is 9.37 Å². The predicted octanol–water partition coefficient (Wildman–Crippen LogP) is 3.17. The van der Waals surface area contributed by atoms with Crippen LogP contribution in [-0.4, -0.2) is 11.7 Å². The van der Waals surface area contributed by atoms with E-state index in [0.29, 0.717) is 15.6 Å². The summed E-state index contributed by atoms with van der Waals surface area (Å²) in [7, 11) is 0. The van der Waals surface area contributed by atoms with Gasteiger partial charge in [0.2, 0.25) is 0 Å². The Morgan fingerprint density at radius 3 is 2.29 bits per heavy atom. The number of rotatable bonds is 3. The molecule has 80 valence electrons. The lowest BCUT2D eigenvalue weighted by Crippen LogP contribution is -2.12. The highest BCUT2D eigenvalue weighted by atomic mass is 35.5. The number of pyridine rings is 1. The van der Waals surface area contributed by atoms with E-state index in [4.69, 9.17) is 28.9 Å². The highest BCUT2D eigenvalue weighted by molar-refractivity contribution is 6.35. The molecule has 2 nitrogen and oxygen atoms in total. The Hall–Kier alpha value is -0.0900. The molecule has 14 heavy (non-hydrogen) atoms. The van der Waals surface area contributed by atoms with Crippen LogP contribution in [0.25, 0.3) is 0 Å². The van der Waals surface area contributed by atoms with E-state index in [0.717, 1.165) is 0 Å². The monoisotopic (exact) mass is 258 g/mol. The quantitative estimate of drug-likeness (QED) is 0.905. The second kappa shape index (κ2) is 6.40. The van der Waals surface area contributed by atoms with Gasteiger partial charge in [0.05, 0.1) is 16.7 Å². The van der Waals surface area contributed by atoms with E-state index in [1.54, 1.807) is 0 Å². The van der Waals surface area contributed by atoms with Crippen molar-refractivity contribution in [1.29, 1.82) is 0 Å². The predicted molar refractivity (Wildman–Crippen MR) is 59.0 cm³/mol. The third-order valence-electron chi connectivity index (χ3n) is 1.68. The molecule has 1 atom stereocenters. The van der Waals surface area contributed by atoms with Crippen LogP contribution in [0.5, 0.6) is 0 Å². The molecule has 1 aromatic heterocycles. The summed E-state index contributed by atoms with van der Waals surface area (Å²) in [6.07, 6.45) is 3.10. The number of hydrogen-bond donors (Lipinski definition) is 1. The van der Waals surface area contributed by atoms with Crippen molar-refractivity contribution >= 4 is 35.6 Å². The van der Waals surface area contributed by atoms with Gasteiger partial charge in [0.25, 0.3) is 0 Å². The van der Waals surface area contributed by atoms with Crippen molar-refractivity contribution in [3.63, 3.8) is 0 Å². The lowest BCUT2D eigenvalue weighted by Gasteiger charge is -2.12. The molecular formula is C8H10Cl3FN2. The number of hydrogen-bond acceptors (Lipinski definition) is 2. The van der Waals surface area contributed by atoms with Crippen molar-refractivity contribution in [2.24, 2.45) is 5.73 Å². The summed E-state index contributed by atoms with van der Waals surface area (Å²) in [6, 6.07) is -0.465. The first-order valence-electron chi connectivity index (χ1n) is 3.77. The van der Waals surface area contributed by atoms with E-state index in [2.05, 4.69) is 4.98 Å². The van der Waals surface area contributed by atoms with Gasteiger partial charge >= 0.3 is 0 Å². The summed E-state index contributed by atoms with van der Waals surface area (Å²) in [5.41, 5.74) is 6.24. The van der Waals surface area contributed by atoms with Crippen molar-refractivity contribution in [1.82, 2.24) is 4.98 Å². The second-order valence-electron chi connectivity index (χ2n) is 2.60. The van der Waals surface area contributed by atoms with Crippen LogP contribution in [0.4, 0.5) is 4.39 Å². The molecule has 0 saturated heterocycles. The summed E-state index contributed by atoms with van der Waals surface area (Å²) < 4.78 is 12.0. The highest BCUT2D eigenvalue weighted by Crippen LogP contribution is 2.29. The molecule has 0 aliphatic heterocycles. The topological polar surface area (TPSA) is 38.9 Å². The molecule has 0 spiro atoms. The summed E-state index contributed by atoms with van der Waals surface area (Å²) in [6.45, 7) is -0.490. The van der Waals surface area contributed by atoms with Crippen LogP contribution in [0.3, 0.4) is 0 Å². The average Bonchev–Trinajstić information content (AvgIpc) is 2.04. The Morgan fingerprint density at radius 2 is 1.86 bits per heavy atom. The Labute approximate surface area is 98.0 Å². The third kappa shape index (κ3) is 3.24. The summed E-state index contributed by atoms with van der Waals surface area (Å²) in [4.78, 5) is 3.77. The van der Waals surface area contributed by atoms with Crippen LogP contribution in [0.2, 0.25) is 10.0 Å². The first-order valence-corrected chi connectivity index (χ1v) is 4.53. The Bertz CT molecular complexity index is 276. The van der Waals surface area contributed by atoms with Gasteiger partial charge in [-0.2, -0.15) is 0 Å². The van der Waals surface area contributed by atoms with Gasteiger partial charge in [-0.1, -0.05) is 23.2 Å². The maximum Gasteiger partial charge on any atom is 0.0912 e. The van der Waals surface area contributed by atoms with Gasteiger partial charge in [-0.25, -0.2) is 0 Å². The first kappa shape index (κ1) is 13.9. The Morgan fingerprint density at radius 1 is 1.36 bits per heavy atom. The van der Waals surface area contributed by atoms with Gasteiger partial charge in [0.15, 0.2) is 0 Å². The highest BCUT2D eigenvalue weighted by Gasteiger charge is 2.13. The minimum Gasteiger partial charge on any atom is -0.324 e. The zero-order valence-corrected chi connectivity index (χ0v) is 9.54. The van der Waals surface area contributed by atoms with Gasteiger partial charge in [0.1, 0.15) is 0 Å². The fraction of sp³-hybridized carbons (Fsp3) is 0.375. The number of alkyl halides is 1. The summed E-state index contributed by atoms with van der Waals surface area (Å²) >= 11 is 11.6. The first-order chi connectivity index (χ1) is 6.16. The fourth-order valence-electron chi connectivity index (χ4n) is 1.04. The molecule has 2 N–H and O–H groups in total. The maximum atomic E-state index is 12.0. The molecule has 0 bridgehead atoms. The molecule has 0 radical (unpaired) electrons. The summed E-state index contributed by atoms with van der Waals surface area (Å²) in [5, 5.41) is 0.766. The number of aromatic nitrogens is 1. The van der Waals surface area contributed by atoms with Crippen LogP contribution in [0.15, 0.2) is 12.4 Å². The zero-order chi connectivity index (χ0) is 9.84. The van der Waals surface area contributed by atoms with Gasteiger partial charge < -0.3 is 5.73 Å². The van der Waals surface area contributed by atoms with Gasteiger partial charge in [-0.15, -0.1) is 12.4 Å². The molecule has 0 amide bonds. The fourth-order valence-corrected chi connectivity index (χ4v) is 1.68. The van der Waals surface area contributed by atoms with Crippen LogP contribution < -0.4 is 5.73 Å². The molecular weight excluding hydrogens is 249 g/mol. The molecule has 0 aliphatic carbocycles. The minimum atomic E-state index is -0.490. The van der Waals surface area contributed by atoms with Crippen molar-refractivity contribution in [3.05, 3.63) is 28.0 Å². The third-order valence-corrected chi connectivity index (χ3v) is 2.28.